The Labute approximate surface area is 132 Å². The number of carbonyl (C=O) groups excluding carboxylic acids is 2. The molecule has 1 heterocycles. The van der Waals surface area contributed by atoms with E-state index in [1.807, 2.05) is 0 Å². The molecule has 0 bridgehead atoms. The number of amides is 2. The van der Waals surface area contributed by atoms with Crippen LogP contribution >= 0.6 is 0 Å². The summed E-state index contributed by atoms with van der Waals surface area (Å²) in [6.45, 7) is 4.38. The molecule has 22 heavy (non-hydrogen) atoms. The van der Waals surface area contributed by atoms with Crippen molar-refractivity contribution in [2.45, 2.75) is 57.9 Å². The van der Waals surface area contributed by atoms with Gasteiger partial charge in [-0.1, -0.05) is 44.9 Å². The fourth-order valence-electron chi connectivity index (χ4n) is 3.83. The van der Waals surface area contributed by atoms with Crippen LogP contribution in [0.1, 0.15) is 68.2 Å². The summed E-state index contributed by atoms with van der Waals surface area (Å²) in [7, 11) is 0. The summed E-state index contributed by atoms with van der Waals surface area (Å²) in [5.41, 5.74) is 3.88. The molecule has 0 unspecified atom stereocenters. The van der Waals surface area contributed by atoms with Crippen molar-refractivity contribution >= 4 is 11.8 Å². The highest BCUT2D eigenvalue weighted by Gasteiger charge is 2.39. The highest BCUT2D eigenvalue weighted by molar-refractivity contribution is 6.13. The Hall–Kier alpha value is -1.90. The van der Waals surface area contributed by atoms with Gasteiger partial charge in [-0.05, 0) is 41.9 Å². The second-order valence-electron chi connectivity index (χ2n) is 6.33. The summed E-state index contributed by atoms with van der Waals surface area (Å²) in [6, 6.07) is 6.51. The topological polar surface area (TPSA) is 37.4 Å². The first-order chi connectivity index (χ1) is 10.7. The van der Waals surface area contributed by atoms with Crippen LogP contribution in [0.2, 0.25) is 0 Å². The third-order valence-corrected chi connectivity index (χ3v) is 4.79. The van der Waals surface area contributed by atoms with Crippen LogP contribution in [0, 0.1) is 0 Å². The van der Waals surface area contributed by atoms with Crippen LogP contribution in [-0.4, -0.2) is 16.7 Å². The van der Waals surface area contributed by atoms with Gasteiger partial charge >= 0.3 is 0 Å². The zero-order chi connectivity index (χ0) is 15.7. The van der Waals surface area contributed by atoms with Crippen molar-refractivity contribution in [2.75, 3.05) is 0 Å². The molecule has 2 atom stereocenters. The highest BCUT2D eigenvalue weighted by Crippen LogP contribution is 2.46. The van der Waals surface area contributed by atoms with Gasteiger partial charge in [-0.3, -0.25) is 14.5 Å². The molecule has 2 amide bonds. The largest absolute Gasteiger partial charge is 0.269 e. The first-order valence-electron chi connectivity index (χ1n) is 8.33. The lowest BCUT2D eigenvalue weighted by Gasteiger charge is -2.23. The molecular weight excluding hydrogens is 274 g/mol. The fraction of sp³-hybridized carbons (Fsp3) is 0.474. The fourth-order valence-corrected chi connectivity index (χ4v) is 3.83. The quantitative estimate of drug-likeness (QED) is 0.773. The van der Waals surface area contributed by atoms with E-state index in [1.54, 1.807) is 0 Å². The predicted octanol–water partition coefficient (Wildman–Crippen LogP) is 3.89. The Bertz CT molecular complexity index is 614. The van der Waals surface area contributed by atoms with E-state index >= 15 is 0 Å². The van der Waals surface area contributed by atoms with Crippen LogP contribution in [0.5, 0.6) is 0 Å². The maximum absolute atomic E-state index is 12.0. The number of aryl methyl sites for hydroxylation is 1. The zero-order valence-electron chi connectivity index (χ0n) is 13.3. The Morgan fingerprint density at radius 1 is 1.05 bits per heavy atom. The van der Waals surface area contributed by atoms with Gasteiger partial charge in [0, 0.05) is 12.2 Å². The van der Waals surface area contributed by atoms with Gasteiger partial charge in [-0.15, -0.1) is 0 Å². The van der Waals surface area contributed by atoms with Crippen molar-refractivity contribution in [3.63, 3.8) is 0 Å². The van der Waals surface area contributed by atoms with Gasteiger partial charge in [0.25, 0.3) is 11.8 Å². The smallest absolute Gasteiger partial charge is 0.254 e. The minimum atomic E-state index is -0.171. The zero-order valence-corrected chi connectivity index (χ0v) is 13.3. The number of rotatable bonds is 5. The molecule has 1 aromatic carbocycles. The van der Waals surface area contributed by atoms with Crippen molar-refractivity contribution in [2.24, 2.45) is 0 Å². The first-order valence-corrected chi connectivity index (χ1v) is 8.33. The molecule has 0 radical (unpaired) electrons. The molecule has 0 saturated carbocycles. The van der Waals surface area contributed by atoms with E-state index in [2.05, 4.69) is 32.0 Å². The molecule has 3 heteroatoms. The number of fused-ring (bicyclic) bond motifs is 1. The molecule has 1 aromatic rings. The van der Waals surface area contributed by atoms with E-state index in [-0.39, 0.29) is 17.9 Å². The monoisotopic (exact) mass is 297 g/mol. The highest BCUT2D eigenvalue weighted by atomic mass is 16.2. The van der Waals surface area contributed by atoms with Gasteiger partial charge in [0.2, 0.25) is 0 Å². The van der Waals surface area contributed by atoms with Crippen molar-refractivity contribution < 1.29 is 9.59 Å². The molecule has 2 aliphatic rings. The summed E-state index contributed by atoms with van der Waals surface area (Å²) in [5, 5.41) is 0. The molecule has 0 N–H and O–H groups in total. The van der Waals surface area contributed by atoms with Gasteiger partial charge < -0.3 is 0 Å². The molecule has 1 aliphatic carbocycles. The molecule has 3 rings (SSSR count). The second kappa shape index (κ2) is 6.07. The molecule has 0 saturated heterocycles. The summed E-state index contributed by atoms with van der Waals surface area (Å²) >= 11 is 0. The molecule has 0 spiro atoms. The number of imide groups is 1. The lowest BCUT2D eigenvalue weighted by Crippen LogP contribution is -2.33. The Balaban J connectivity index is 1.96. The van der Waals surface area contributed by atoms with Crippen LogP contribution in [-0.2, 0) is 16.0 Å². The first kappa shape index (κ1) is 15.0. The van der Waals surface area contributed by atoms with Gasteiger partial charge in [-0.2, -0.15) is 0 Å². The van der Waals surface area contributed by atoms with Gasteiger partial charge in [0.15, 0.2) is 0 Å². The average molecular weight is 297 g/mol. The summed E-state index contributed by atoms with van der Waals surface area (Å²) in [6.07, 6.45) is 8.10. The van der Waals surface area contributed by atoms with E-state index in [4.69, 9.17) is 0 Å². The van der Waals surface area contributed by atoms with E-state index in [0.29, 0.717) is 5.92 Å². The Kier molecular flexibility index (Phi) is 4.14. The predicted molar refractivity (Wildman–Crippen MR) is 86.4 cm³/mol. The number of hydrogen-bond acceptors (Lipinski definition) is 2. The average Bonchev–Trinajstić information content (AvgIpc) is 3.01. The lowest BCUT2D eigenvalue weighted by atomic mass is 9.94. The number of hydrogen-bond donors (Lipinski definition) is 0. The summed E-state index contributed by atoms with van der Waals surface area (Å²) in [4.78, 5) is 25.5. The van der Waals surface area contributed by atoms with Crippen molar-refractivity contribution in [1.82, 2.24) is 4.90 Å². The lowest BCUT2D eigenvalue weighted by molar-refractivity contribution is -0.139. The third-order valence-electron chi connectivity index (χ3n) is 4.79. The van der Waals surface area contributed by atoms with E-state index in [0.717, 1.165) is 32.1 Å². The van der Waals surface area contributed by atoms with E-state index in [9.17, 15) is 9.59 Å². The number of benzene rings is 1. The Morgan fingerprint density at radius 3 is 2.41 bits per heavy atom. The molecular formula is C19H23NO2. The third kappa shape index (κ3) is 2.49. The molecule has 1 aliphatic heterocycles. The SMILES string of the molecule is CCCc1ccc2c(c1)[C@@H](CCC)C[C@@H]2N1C(=O)C=CC1=O. The molecule has 116 valence electrons. The maximum Gasteiger partial charge on any atom is 0.254 e. The minimum absolute atomic E-state index is 0.0859. The molecule has 0 fully saturated rings. The molecule has 0 aromatic heterocycles. The van der Waals surface area contributed by atoms with Crippen molar-refractivity contribution in [3.05, 3.63) is 47.0 Å². The number of carbonyl (C=O) groups is 2. The van der Waals surface area contributed by atoms with Gasteiger partial charge in [-0.25, -0.2) is 0 Å². The minimum Gasteiger partial charge on any atom is -0.269 e. The summed E-state index contributed by atoms with van der Waals surface area (Å²) in [5.74, 6) is 0.120. The number of nitrogens with zero attached hydrogens (tertiary/aromatic N) is 1. The Morgan fingerprint density at radius 2 is 1.77 bits per heavy atom. The standard InChI is InChI=1S/C19H23NO2/c1-3-5-13-7-8-15-16(11-13)14(6-4-2)12-17(15)20-18(21)9-10-19(20)22/h7-11,14,17H,3-6,12H2,1-2H3/t14-,17-/m0/s1. The van der Waals surface area contributed by atoms with Crippen molar-refractivity contribution in [3.8, 4) is 0 Å². The van der Waals surface area contributed by atoms with Crippen LogP contribution in [0.15, 0.2) is 30.4 Å². The maximum atomic E-state index is 12.0. The van der Waals surface area contributed by atoms with Crippen LogP contribution in [0.3, 0.4) is 0 Å². The van der Waals surface area contributed by atoms with Crippen LogP contribution < -0.4 is 0 Å². The summed E-state index contributed by atoms with van der Waals surface area (Å²) < 4.78 is 0. The van der Waals surface area contributed by atoms with Crippen molar-refractivity contribution in [1.29, 1.82) is 0 Å². The molecule has 3 nitrogen and oxygen atoms in total. The van der Waals surface area contributed by atoms with Gasteiger partial charge in [0.05, 0.1) is 6.04 Å². The second-order valence-corrected chi connectivity index (χ2v) is 6.33. The normalized spacial score (nSPS) is 23.5. The van der Waals surface area contributed by atoms with E-state index < -0.39 is 0 Å². The van der Waals surface area contributed by atoms with E-state index in [1.165, 1.54) is 33.7 Å². The van der Waals surface area contributed by atoms with Crippen LogP contribution in [0.25, 0.3) is 0 Å². The van der Waals surface area contributed by atoms with Crippen LogP contribution in [0.4, 0.5) is 0 Å². The van der Waals surface area contributed by atoms with Gasteiger partial charge in [0.1, 0.15) is 0 Å².